The summed E-state index contributed by atoms with van der Waals surface area (Å²) in [6.07, 6.45) is 0. The molecule has 1 aromatic heterocycles. The summed E-state index contributed by atoms with van der Waals surface area (Å²) in [6.45, 7) is 0. The van der Waals surface area contributed by atoms with Crippen molar-refractivity contribution in [2.75, 3.05) is 4.72 Å². The lowest BCUT2D eigenvalue weighted by Crippen LogP contribution is -2.12. The summed E-state index contributed by atoms with van der Waals surface area (Å²) in [7, 11) is -3.84. The van der Waals surface area contributed by atoms with Crippen molar-refractivity contribution < 1.29 is 12.8 Å². The third-order valence-electron chi connectivity index (χ3n) is 2.21. The molecular formula is C11H9FN2O2S3. The molecule has 2 rings (SSSR count). The van der Waals surface area contributed by atoms with Gasteiger partial charge in [-0.1, -0.05) is 24.4 Å². The zero-order valence-electron chi connectivity index (χ0n) is 9.46. The predicted octanol–water partition coefficient (Wildman–Crippen LogP) is 2.32. The molecular weight excluding hydrogens is 307 g/mol. The fourth-order valence-corrected chi connectivity index (χ4v) is 3.75. The highest BCUT2D eigenvalue weighted by Crippen LogP contribution is 2.24. The van der Waals surface area contributed by atoms with Gasteiger partial charge in [0.05, 0.1) is 10.6 Å². The Morgan fingerprint density at radius 1 is 1.26 bits per heavy atom. The maximum Gasteiger partial charge on any atom is 0.271 e. The highest BCUT2D eigenvalue weighted by Gasteiger charge is 2.19. The highest BCUT2D eigenvalue weighted by molar-refractivity contribution is 7.94. The molecule has 0 atom stereocenters. The first-order chi connectivity index (χ1) is 8.90. The van der Waals surface area contributed by atoms with Gasteiger partial charge in [-0.3, -0.25) is 4.72 Å². The van der Waals surface area contributed by atoms with E-state index in [4.69, 9.17) is 18.0 Å². The molecule has 1 aromatic carbocycles. The van der Waals surface area contributed by atoms with E-state index in [1.54, 1.807) is 0 Å². The SMILES string of the molecule is NC(=S)c1ccc(S(=O)(=O)Nc2ccccc2F)s1. The van der Waals surface area contributed by atoms with Crippen LogP contribution in [0.2, 0.25) is 0 Å². The molecule has 0 saturated heterocycles. The lowest BCUT2D eigenvalue weighted by Gasteiger charge is -2.06. The van der Waals surface area contributed by atoms with Gasteiger partial charge in [-0.05, 0) is 24.3 Å². The predicted molar refractivity (Wildman–Crippen MR) is 77.4 cm³/mol. The van der Waals surface area contributed by atoms with Gasteiger partial charge in [0.15, 0.2) is 0 Å². The number of hydrogen-bond donors (Lipinski definition) is 2. The number of nitrogens with two attached hydrogens (primary N) is 1. The number of hydrogen-bond acceptors (Lipinski definition) is 4. The number of sulfonamides is 1. The molecule has 0 unspecified atom stereocenters. The van der Waals surface area contributed by atoms with E-state index in [1.807, 2.05) is 0 Å². The topological polar surface area (TPSA) is 72.2 Å². The molecule has 0 aliphatic rings. The van der Waals surface area contributed by atoms with Crippen LogP contribution in [0.4, 0.5) is 10.1 Å². The molecule has 8 heteroatoms. The second-order valence-corrected chi connectivity index (χ2v) is 7.00. The molecule has 0 saturated carbocycles. The zero-order chi connectivity index (χ0) is 14.0. The minimum absolute atomic E-state index is 0.0264. The summed E-state index contributed by atoms with van der Waals surface area (Å²) in [5, 5.41) is 0. The minimum atomic E-state index is -3.84. The van der Waals surface area contributed by atoms with Crippen molar-refractivity contribution in [1.29, 1.82) is 0 Å². The summed E-state index contributed by atoms with van der Waals surface area (Å²) in [5.41, 5.74) is 5.31. The average Bonchev–Trinajstić information content (AvgIpc) is 2.82. The van der Waals surface area contributed by atoms with Gasteiger partial charge in [0.2, 0.25) is 0 Å². The molecule has 2 aromatic rings. The van der Waals surface area contributed by atoms with Crippen LogP contribution < -0.4 is 10.5 Å². The van der Waals surface area contributed by atoms with Crippen LogP contribution in [0.25, 0.3) is 0 Å². The second kappa shape index (κ2) is 5.24. The van der Waals surface area contributed by atoms with Crippen LogP contribution in [0.3, 0.4) is 0 Å². The average molecular weight is 316 g/mol. The van der Waals surface area contributed by atoms with Crippen LogP contribution in [0.5, 0.6) is 0 Å². The number of rotatable bonds is 4. The minimum Gasteiger partial charge on any atom is -0.389 e. The number of nitrogens with one attached hydrogen (secondary N) is 1. The molecule has 0 radical (unpaired) electrons. The molecule has 100 valence electrons. The van der Waals surface area contributed by atoms with Gasteiger partial charge in [0, 0.05) is 0 Å². The fourth-order valence-electron chi connectivity index (χ4n) is 1.34. The standard InChI is InChI=1S/C11H9FN2O2S3/c12-7-3-1-2-4-8(7)14-19(15,16)10-6-5-9(18-10)11(13)17/h1-6,14H,(H2,13,17). The van der Waals surface area contributed by atoms with Crippen LogP contribution in [0.1, 0.15) is 4.88 Å². The van der Waals surface area contributed by atoms with Crippen LogP contribution in [-0.4, -0.2) is 13.4 Å². The highest BCUT2D eigenvalue weighted by atomic mass is 32.2. The molecule has 0 fully saturated rings. The van der Waals surface area contributed by atoms with Crippen molar-refractivity contribution in [3.8, 4) is 0 Å². The summed E-state index contributed by atoms with van der Waals surface area (Å²) in [5.74, 6) is -0.641. The van der Waals surface area contributed by atoms with Crippen LogP contribution in [0.15, 0.2) is 40.6 Å². The zero-order valence-corrected chi connectivity index (χ0v) is 11.9. The van der Waals surface area contributed by atoms with Crippen LogP contribution >= 0.6 is 23.6 Å². The van der Waals surface area contributed by atoms with E-state index in [0.717, 1.165) is 11.3 Å². The first-order valence-corrected chi connectivity index (χ1v) is 7.78. The monoisotopic (exact) mass is 316 g/mol. The summed E-state index contributed by atoms with van der Waals surface area (Å²) in [6, 6.07) is 8.42. The Morgan fingerprint density at radius 3 is 2.53 bits per heavy atom. The fraction of sp³-hybridized carbons (Fsp3) is 0. The van der Waals surface area contributed by atoms with Gasteiger partial charge < -0.3 is 5.73 Å². The first-order valence-electron chi connectivity index (χ1n) is 5.07. The largest absolute Gasteiger partial charge is 0.389 e. The van der Waals surface area contributed by atoms with Crippen molar-refractivity contribution in [1.82, 2.24) is 0 Å². The summed E-state index contributed by atoms with van der Waals surface area (Å²) < 4.78 is 39.7. The van der Waals surface area contributed by atoms with Gasteiger partial charge in [0.25, 0.3) is 10.0 Å². The lowest BCUT2D eigenvalue weighted by molar-refractivity contribution is 0.600. The normalized spacial score (nSPS) is 11.2. The number of thiophene rings is 1. The molecule has 4 nitrogen and oxygen atoms in total. The smallest absolute Gasteiger partial charge is 0.271 e. The van der Waals surface area contributed by atoms with E-state index in [9.17, 15) is 12.8 Å². The molecule has 1 heterocycles. The van der Waals surface area contributed by atoms with Crippen molar-refractivity contribution >= 4 is 44.3 Å². The summed E-state index contributed by atoms with van der Waals surface area (Å²) in [4.78, 5) is 0.612. The summed E-state index contributed by atoms with van der Waals surface area (Å²) >= 11 is 5.70. The van der Waals surface area contributed by atoms with E-state index in [1.165, 1.54) is 36.4 Å². The second-order valence-electron chi connectivity index (χ2n) is 3.57. The van der Waals surface area contributed by atoms with Gasteiger partial charge in [-0.2, -0.15) is 0 Å². The Labute approximate surface area is 119 Å². The molecule has 0 aliphatic heterocycles. The Hall–Kier alpha value is -1.51. The van der Waals surface area contributed by atoms with E-state index >= 15 is 0 Å². The molecule has 3 N–H and O–H groups in total. The number of thiocarbonyl (C=S) groups is 1. The number of benzene rings is 1. The van der Waals surface area contributed by atoms with E-state index in [2.05, 4.69) is 4.72 Å². The van der Waals surface area contributed by atoms with Crippen molar-refractivity contribution in [3.05, 3.63) is 47.1 Å². The maximum atomic E-state index is 13.4. The van der Waals surface area contributed by atoms with E-state index in [-0.39, 0.29) is 14.9 Å². The molecule has 0 aliphatic carbocycles. The van der Waals surface area contributed by atoms with Gasteiger partial charge in [-0.15, -0.1) is 11.3 Å². The Morgan fingerprint density at radius 2 is 1.95 bits per heavy atom. The van der Waals surface area contributed by atoms with Crippen molar-refractivity contribution in [3.63, 3.8) is 0 Å². The Kier molecular flexibility index (Phi) is 3.83. The molecule has 0 amide bonds. The number of para-hydroxylation sites is 1. The van der Waals surface area contributed by atoms with E-state index < -0.39 is 15.8 Å². The quantitative estimate of drug-likeness (QED) is 0.849. The third kappa shape index (κ3) is 3.09. The Bertz CT molecular complexity index is 725. The van der Waals surface area contributed by atoms with Gasteiger partial charge >= 0.3 is 0 Å². The first kappa shape index (κ1) is 13.9. The van der Waals surface area contributed by atoms with Gasteiger partial charge in [0.1, 0.15) is 15.0 Å². The van der Waals surface area contributed by atoms with Crippen LogP contribution in [-0.2, 0) is 10.0 Å². The Balaban J connectivity index is 2.32. The van der Waals surface area contributed by atoms with Crippen molar-refractivity contribution in [2.24, 2.45) is 5.73 Å². The lowest BCUT2D eigenvalue weighted by atomic mass is 10.3. The van der Waals surface area contributed by atoms with E-state index in [0.29, 0.717) is 4.88 Å². The van der Waals surface area contributed by atoms with Crippen LogP contribution in [0, 0.1) is 5.82 Å². The molecule has 0 bridgehead atoms. The third-order valence-corrected chi connectivity index (χ3v) is 5.53. The maximum absolute atomic E-state index is 13.4. The molecule has 19 heavy (non-hydrogen) atoms. The number of anilines is 1. The number of halogens is 1. The molecule has 0 spiro atoms. The van der Waals surface area contributed by atoms with Gasteiger partial charge in [-0.25, -0.2) is 12.8 Å². The van der Waals surface area contributed by atoms with Crippen molar-refractivity contribution in [2.45, 2.75) is 4.21 Å².